The van der Waals surface area contributed by atoms with E-state index in [4.69, 9.17) is 9.97 Å². The predicted molar refractivity (Wildman–Crippen MR) is 157 cm³/mol. The molecule has 0 amide bonds. The molecule has 174 valence electrons. The molecule has 0 atom stereocenters. The summed E-state index contributed by atoms with van der Waals surface area (Å²) in [5.74, 6) is 0.751. The predicted octanol–water partition coefficient (Wildman–Crippen LogP) is 9.51. The van der Waals surface area contributed by atoms with Crippen LogP contribution in [0.4, 0.5) is 0 Å². The van der Waals surface area contributed by atoms with Gasteiger partial charge in [0.1, 0.15) is 4.83 Å². The molecule has 0 unspecified atom stereocenters. The van der Waals surface area contributed by atoms with Crippen LogP contribution >= 0.6 is 11.3 Å². The van der Waals surface area contributed by atoms with Crippen molar-refractivity contribution < 1.29 is 0 Å². The normalized spacial score (nSPS) is 11.2. The van der Waals surface area contributed by atoms with Gasteiger partial charge in [-0.2, -0.15) is 0 Å². The maximum absolute atomic E-state index is 5.15. The average Bonchev–Trinajstić information content (AvgIpc) is 3.36. The summed E-state index contributed by atoms with van der Waals surface area (Å²) >= 11 is 1.73. The summed E-state index contributed by atoms with van der Waals surface area (Å²) < 4.78 is 1.23. The lowest BCUT2D eigenvalue weighted by Gasteiger charge is -2.09. The van der Waals surface area contributed by atoms with Crippen LogP contribution in [0.1, 0.15) is 0 Å². The van der Waals surface area contributed by atoms with Gasteiger partial charge in [0.2, 0.25) is 0 Å². The van der Waals surface area contributed by atoms with Crippen LogP contribution in [0.3, 0.4) is 0 Å². The molecule has 0 aliphatic rings. The third-order valence-electron chi connectivity index (χ3n) is 6.73. The van der Waals surface area contributed by atoms with Gasteiger partial charge in [0.15, 0.2) is 5.82 Å². The highest BCUT2D eigenvalue weighted by Gasteiger charge is 2.16. The van der Waals surface area contributed by atoms with Gasteiger partial charge in [-0.15, -0.1) is 11.3 Å². The van der Waals surface area contributed by atoms with Crippen LogP contribution in [0, 0.1) is 0 Å². The van der Waals surface area contributed by atoms with E-state index in [1.54, 1.807) is 11.3 Å². The second-order valence-corrected chi connectivity index (χ2v) is 10.1. The van der Waals surface area contributed by atoms with Crippen LogP contribution in [0.5, 0.6) is 0 Å². The molecule has 2 heterocycles. The van der Waals surface area contributed by atoms with E-state index in [9.17, 15) is 0 Å². The summed E-state index contributed by atoms with van der Waals surface area (Å²) in [5, 5.41) is 2.34. The molecule has 0 saturated heterocycles. The zero-order valence-electron chi connectivity index (χ0n) is 20.0. The Morgan fingerprint density at radius 2 is 1.00 bits per heavy atom. The van der Waals surface area contributed by atoms with Gasteiger partial charge in [-0.1, -0.05) is 121 Å². The molecule has 7 aromatic rings. The highest BCUT2D eigenvalue weighted by Crippen LogP contribution is 2.39. The fourth-order valence-electron chi connectivity index (χ4n) is 4.88. The van der Waals surface area contributed by atoms with E-state index >= 15 is 0 Å². The monoisotopic (exact) mass is 490 g/mol. The van der Waals surface area contributed by atoms with Gasteiger partial charge in [0.25, 0.3) is 0 Å². The summed E-state index contributed by atoms with van der Waals surface area (Å²) in [4.78, 5) is 11.2. The first-order valence-corrected chi connectivity index (χ1v) is 13.2. The number of nitrogens with zero attached hydrogens (tertiary/aromatic N) is 2. The highest BCUT2D eigenvalue weighted by molar-refractivity contribution is 7.25. The Morgan fingerprint density at radius 3 is 1.76 bits per heavy atom. The Balaban J connectivity index is 1.35. The van der Waals surface area contributed by atoms with E-state index in [-0.39, 0.29) is 0 Å². The Morgan fingerprint density at radius 1 is 0.432 bits per heavy atom. The number of rotatable bonds is 4. The molecular formula is C34H22N2S. The van der Waals surface area contributed by atoms with Gasteiger partial charge in [-0.3, -0.25) is 0 Å². The van der Waals surface area contributed by atoms with Crippen molar-refractivity contribution in [1.82, 2.24) is 9.97 Å². The minimum atomic E-state index is 0.751. The van der Waals surface area contributed by atoms with Crippen molar-refractivity contribution in [3.05, 3.63) is 133 Å². The molecule has 0 radical (unpaired) electrons. The lowest BCUT2D eigenvalue weighted by molar-refractivity contribution is 1.24. The number of thiophene rings is 1. The summed E-state index contributed by atoms with van der Waals surface area (Å²) in [6.07, 6.45) is 0. The first-order valence-electron chi connectivity index (χ1n) is 12.3. The van der Waals surface area contributed by atoms with Crippen LogP contribution in [-0.2, 0) is 0 Å². The van der Waals surface area contributed by atoms with E-state index in [2.05, 4.69) is 121 Å². The first-order chi connectivity index (χ1) is 18.3. The average molecular weight is 491 g/mol. The standard InChI is InChI=1S/C34H22N2S/c1-3-10-23(11-4-1)24-18-20-25(21-19-24)27-14-9-15-28(22-27)33-35-32(26-12-5-2-6-13-26)31-29-16-7-8-17-30(29)37-34(31)36-33/h1-22H. The fourth-order valence-corrected chi connectivity index (χ4v) is 5.96. The van der Waals surface area contributed by atoms with Crippen molar-refractivity contribution in [1.29, 1.82) is 0 Å². The van der Waals surface area contributed by atoms with Crippen molar-refractivity contribution in [2.75, 3.05) is 0 Å². The third kappa shape index (κ3) is 4.00. The smallest absolute Gasteiger partial charge is 0.161 e. The van der Waals surface area contributed by atoms with Crippen LogP contribution in [0.25, 0.3) is 65.2 Å². The molecule has 0 aliphatic heterocycles. The molecule has 2 aromatic heterocycles. The summed E-state index contributed by atoms with van der Waals surface area (Å²) in [6, 6.07) is 46.7. The molecule has 2 nitrogen and oxygen atoms in total. The Kier molecular flexibility index (Phi) is 5.34. The lowest BCUT2D eigenvalue weighted by Crippen LogP contribution is -1.94. The van der Waals surface area contributed by atoms with Gasteiger partial charge in [-0.05, 0) is 34.4 Å². The van der Waals surface area contributed by atoms with Crippen LogP contribution < -0.4 is 0 Å². The van der Waals surface area contributed by atoms with E-state index in [0.717, 1.165) is 38.4 Å². The highest BCUT2D eigenvalue weighted by atomic mass is 32.1. The Labute approximate surface area is 219 Å². The summed E-state index contributed by atoms with van der Waals surface area (Å²) in [5.41, 5.74) is 7.86. The van der Waals surface area contributed by atoms with Gasteiger partial charge >= 0.3 is 0 Å². The fraction of sp³-hybridized carbons (Fsp3) is 0. The second-order valence-electron chi connectivity index (χ2n) is 9.06. The quantitative estimate of drug-likeness (QED) is 0.245. The summed E-state index contributed by atoms with van der Waals surface area (Å²) in [7, 11) is 0. The van der Waals surface area contributed by atoms with E-state index in [1.165, 1.54) is 26.8 Å². The minimum absolute atomic E-state index is 0.751. The molecule has 0 saturated carbocycles. The molecule has 0 aliphatic carbocycles. The van der Waals surface area contributed by atoms with Crippen molar-refractivity contribution >= 4 is 31.6 Å². The van der Waals surface area contributed by atoms with Crippen molar-refractivity contribution in [2.24, 2.45) is 0 Å². The largest absolute Gasteiger partial charge is 0.227 e. The first kappa shape index (κ1) is 21.7. The van der Waals surface area contributed by atoms with Crippen LogP contribution in [0.15, 0.2) is 133 Å². The number of benzene rings is 5. The zero-order chi connectivity index (χ0) is 24.6. The molecule has 0 spiro atoms. The van der Waals surface area contributed by atoms with Gasteiger partial charge < -0.3 is 0 Å². The number of fused-ring (bicyclic) bond motifs is 3. The van der Waals surface area contributed by atoms with Crippen molar-refractivity contribution in [3.63, 3.8) is 0 Å². The van der Waals surface area contributed by atoms with Gasteiger partial charge in [0, 0.05) is 26.6 Å². The topological polar surface area (TPSA) is 25.8 Å². The number of hydrogen-bond donors (Lipinski definition) is 0. The molecular weight excluding hydrogens is 468 g/mol. The van der Waals surface area contributed by atoms with Gasteiger partial charge in [-0.25, -0.2) is 9.97 Å². The maximum atomic E-state index is 5.15. The van der Waals surface area contributed by atoms with Crippen molar-refractivity contribution in [3.8, 4) is 44.9 Å². The maximum Gasteiger partial charge on any atom is 0.161 e. The van der Waals surface area contributed by atoms with Crippen LogP contribution in [0.2, 0.25) is 0 Å². The van der Waals surface area contributed by atoms with Crippen LogP contribution in [-0.4, -0.2) is 9.97 Å². The molecule has 5 aromatic carbocycles. The molecule has 7 rings (SSSR count). The number of aromatic nitrogens is 2. The molecule has 0 bridgehead atoms. The second kappa shape index (κ2) is 9.12. The lowest BCUT2D eigenvalue weighted by atomic mass is 9.99. The SMILES string of the molecule is c1ccc(-c2ccc(-c3cccc(-c4nc(-c5ccccc5)c5c(n4)sc4ccccc45)c3)cc2)cc1. The summed E-state index contributed by atoms with van der Waals surface area (Å²) in [6.45, 7) is 0. The Bertz CT molecular complexity index is 1850. The number of hydrogen-bond acceptors (Lipinski definition) is 3. The third-order valence-corrected chi connectivity index (χ3v) is 7.80. The zero-order valence-corrected chi connectivity index (χ0v) is 20.8. The molecule has 0 fully saturated rings. The molecule has 0 N–H and O–H groups in total. The van der Waals surface area contributed by atoms with E-state index in [0.29, 0.717) is 0 Å². The molecule has 3 heteroatoms. The van der Waals surface area contributed by atoms with E-state index < -0.39 is 0 Å². The van der Waals surface area contributed by atoms with Crippen molar-refractivity contribution in [2.45, 2.75) is 0 Å². The van der Waals surface area contributed by atoms with Gasteiger partial charge in [0.05, 0.1) is 5.69 Å². The minimum Gasteiger partial charge on any atom is -0.227 e. The van der Waals surface area contributed by atoms with E-state index in [1.807, 2.05) is 12.1 Å². The Hall–Kier alpha value is -4.60. The molecule has 37 heavy (non-hydrogen) atoms.